The zero-order chi connectivity index (χ0) is 20.6. The number of aryl methyl sites for hydroxylation is 1. The van der Waals surface area contributed by atoms with Crippen molar-refractivity contribution in [2.24, 2.45) is 12.0 Å². The Bertz CT molecular complexity index is 968. The number of rotatable bonds is 8. The topological polar surface area (TPSA) is 92.5 Å². The number of para-hydroxylation sites is 1. The predicted octanol–water partition coefficient (Wildman–Crippen LogP) is 1.88. The van der Waals surface area contributed by atoms with Crippen LogP contribution in [0.1, 0.15) is 12.5 Å². The third-order valence-electron chi connectivity index (χ3n) is 4.49. The number of ether oxygens (including phenoxy) is 1. The molecule has 0 unspecified atom stereocenters. The summed E-state index contributed by atoms with van der Waals surface area (Å²) >= 11 is 0. The van der Waals surface area contributed by atoms with E-state index >= 15 is 0 Å². The standard InChI is InChI=1S/C20H28N8O/c1-5-21-20(27(2)13-15-8-6-7-9-17(15)29-4)23-11-10-22-18-16-12-26-28(3)19(16)25-14-24-18/h6-9,12,14H,5,10-11,13H2,1-4H3,(H,21,23)(H,22,24,25). The van der Waals surface area contributed by atoms with Gasteiger partial charge < -0.3 is 20.3 Å². The summed E-state index contributed by atoms with van der Waals surface area (Å²) in [5.74, 6) is 2.49. The first-order chi connectivity index (χ1) is 14.1. The first kappa shape index (κ1) is 20.4. The van der Waals surface area contributed by atoms with Gasteiger partial charge in [-0.2, -0.15) is 5.10 Å². The van der Waals surface area contributed by atoms with E-state index in [2.05, 4.69) is 43.6 Å². The van der Waals surface area contributed by atoms with Gasteiger partial charge in [0.15, 0.2) is 11.6 Å². The number of guanidine groups is 1. The van der Waals surface area contributed by atoms with Crippen LogP contribution in [0.2, 0.25) is 0 Å². The predicted molar refractivity (Wildman–Crippen MR) is 115 cm³/mol. The van der Waals surface area contributed by atoms with Crippen LogP contribution in [0.15, 0.2) is 41.8 Å². The summed E-state index contributed by atoms with van der Waals surface area (Å²) in [5.41, 5.74) is 1.91. The number of hydrogen-bond donors (Lipinski definition) is 2. The van der Waals surface area contributed by atoms with Gasteiger partial charge in [0, 0.05) is 39.3 Å². The molecule has 3 rings (SSSR count). The van der Waals surface area contributed by atoms with Crippen molar-refractivity contribution in [3.63, 3.8) is 0 Å². The van der Waals surface area contributed by atoms with Crippen LogP contribution >= 0.6 is 0 Å². The summed E-state index contributed by atoms with van der Waals surface area (Å²) in [5, 5.41) is 11.8. The molecule has 3 aromatic rings. The molecule has 9 heteroatoms. The van der Waals surface area contributed by atoms with Crippen LogP contribution in [0, 0.1) is 0 Å². The molecule has 0 aliphatic heterocycles. The summed E-state index contributed by atoms with van der Waals surface area (Å²) in [7, 11) is 5.57. The fourth-order valence-corrected chi connectivity index (χ4v) is 3.07. The molecule has 0 fully saturated rings. The summed E-state index contributed by atoms with van der Waals surface area (Å²) in [6.45, 7) is 4.81. The summed E-state index contributed by atoms with van der Waals surface area (Å²) in [6, 6.07) is 8.02. The van der Waals surface area contributed by atoms with Gasteiger partial charge in [0.05, 0.1) is 25.2 Å². The van der Waals surface area contributed by atoms with Crippen molar-refractivity contribution in [3.05, 3.63) is 42.4 Å². The summed E-state index contributed by atoms with van der Waals surface area (Å²) in [4.78, 5) is 15.4. The first-order valence-electron chi connectivity index (χ1n) is 9.62. The fraction of sp³-hybridized carbons (Fsp3) is 0.400. The van der Waals surface area contributed by atoms with Crippen LogP contribution in [-0.2, 0) is 13.6 Å². The molecule has 9 nitrogen and oxygen atoms in total. The second kappa shape index (κ2) is 9.72. The Hall–Kier alpha value is -3.36. The highest BCUT2D eigenvalue weighted by molar-refractivity contribution is 5.86. The number of anilines is 1. The van der Waals surface area contributed by atoms with Crippen LogP contribution in [0.5, 0.6) is 5.75 Å². The maximum Gasteiger partial charge on any atom is 0.194 e. The molecule has 1 aromatic carbocycles. The lowest BCUT2D eigenvalue weighted by Crippen LogP contribution is -2.38. The van der Waals surface area contributed by atoms with E-state index in [-0.39, 0.29) is 0 Å². The molecule has 0 radical (unpaired) electrons. The maximum absolute atomic E-state index is 5.45. The minimum absolute atomic E-state index is 0.602. The second-order valence-corrected chi connectivity index (χ2v) is 6.56. The van der Waals surface area contributed by atoms with Gasteiger partial charge in [-0.3, -0.25) is 9.67 Å². The van der Waals surface area contributed by atoms with Crippen molar-refractivity contribution in [2.45, 2.75) is 13.5 Å². The van der Waals surface area contributed by atoms with Crippen molar-refractivity contribution >= 4 is 22.8 Å². The van der Waals surface area contributed by atoms with Crippen LogP contribution in [0.3, 0.4) is 0 Å². The highest BCUT2D eigenvalue weighted by Crippen LogP contribution is 2.19. The van der Waals surface area contributed by atoms with Crippen LogP contribution < -0.4 is 15.4 Å². The lowest BCUT2D eigenvalue weighted by Gasteiger charge is -2.23. The van der Waals surface area contributed by atoms with Gasteiger partial charge in [0.2, 0.25) is 0 Å². The monoisotopic (exact) mass is 396 g/mol. The molecule has 2 N–H and O–H groups in total. The van der Waals surface area contributed by atoms with Gasteiger partial charge in [-0.1, -0.05) is 18.2 Å². The molecule has 2 heterocycles. The van der Waals surface area contributed by atoms with Crippen molar-refractivity contribution in [1.29, 1.82) is 0 Å². The Morgan fingerprint density at radius 3 is 2.90 bits per heavy atom. The highest BCUT2D eigenvalue weighted by atomic mass is 16.5. The maximum atomic E-state index is 5.45. The Labute approximate surface area is 170 Å². The van der Waals surface area contributed by atoms with Crippen molar-refractivity contribution in [1.82, 2.24) is 30.0 Å². The van der Waals surface area contributed by atoms with Gasteiger partial charge in [0.25, 0.3) is 0 Å². The fourth-order valence-electron chi connectivity index (χ4n) is 3.07. The molecule has 0 saturated carbocycles. The first-order valence-corrected chi connectivity index (χ1v) is 9.62. The van der Waals surface area contributed by atoms with Crippen LogP contribution in [0.4, 0.5) is 5.82 Å². The molecule has 0 bridgehead atoms. The molecular formula is C20H28N8O. The van der Waals surface area contributed by atoms with Gasteiger partial charge in [-0.05, 0) is 13.0 Å². The second-order valence-electron chi connectivity index (χ2n) is 6.56. The quantitative estimate of drug-likeness (QED) is 0.341. The number of nitrogens with one attached hydrogen (secondary N) is 2. The average molecular weight is 396 g/mol. The molecule has 29 heavy (non-hydrogen) atoms. The Kier molecular flexibility index (Phi) is 6.83. The summed E-state index contributed by atoms with van der Waals surface area (Å²) < 4.78 is 7.19. The van der Waals surface area contributed by atoms with E-state index in [4.69, 9.17) is 9.73 Å². The highest BCUT2D eigenvalue weighted by Gasteiger charge is 2.10. The van der Waals surface area contributed by atoms with Crippen molar-refractivity contribution < 1.29 is 4.74 Å². The van der Waals surface area contributed by atoms with E-state index in [1.54, 1.807) is 24.3 Å². The minimum atomic E-state index is 0.602. The minimum Gasteiger partial charge on any atom is -0.496 e. The molecule has 2 aromatic heterocycles. The number of hydrogen-bond acceptors (Lipinski definition) is 6. The molecule has 0 aliphatic carbocycles. The zero-order valence-corrected chi connectivity index (χ0v) is 17.4. The molecule has 0 atom stereocenters. The van der Waals surface area contributed by atoms with Crippen molar-refractivity contribution in [3.8, 4) is 5.75 Å². The number of aliphatic imine (C=N–C) groups is 1. The third kappa shape index (κ3) is 4.92. The van der Waals surface area contributed by atoms with Gasteiger partial charge >= 0.3 is 0 Å². The normalized spacial score (nSPS) is 11.5. The van der Waals surface area contributed by atoms with E-state index in [1.807, 2.05) is 32.3 Å². The Morgan fingerprint density at radius 1 is 1.28 bits per heavy atom. The number of benzene rings is 1. The Morgan fingerprint density at radius 2 is 2.10 bits per heavy atom. The average Bonchev–Trinajstić information content (AvgIpc) is 3.12. The van der Waals surface area contributed by atoms with Gasteiger partial charge in [0.1, 0.15) is 17.9 Å². The van der Waals surface area contributed by atoms with Gasteiger partial charge in [-0.15, -0.1) is 0 Å². The number of nitrogens with zero attached hydrogens (tertiary/aromatic N) is 6. The lowest BCUT2D eigenvalue weighted by molar-refractivity contribution is 0.396. The molecule has 0 aliphatic rings. The number of fused-ring (bicyclic) bond motifs is 1. The van der Waals surface area contributed by atoms with E-state index < -0.39 is 0 Å². The largest absolute Gasteiger partial charge is 0.496 e. The smallest absolute Gasteiger partial charge is 0.194 e. The SMILES string of the molecule is CCNC(=NCCNc1ncnc2c1cnn2C)N(C)Cc1ccccc1OC. The number of methoxy groups -OCH3 is 1. The van der Waals surface area contributed by atoms with Crippen LogP contribution in [-0.4, -0.2) is 64.4 Å². The summed E-state index contributed by atoms with van der Waals surface area (Å²) in [6.07, 6.45) is 3.31. The van der Waals surface area contributed by atoms with E-state index in [1.165, 1.54) is 0 Å². The third-order valence-corrected chi connectivity index (χ3v) is 4.49. The molecular weight excluding hydrogens is 368 g/mol. The molecule has 0 saturated heterocycles. The van der Waals surface area contributed by atoms with Gasteiger partial charge in [-0.25, -0.2) is 9.97 Å². The van der Waals surface area contributed by atoms with Crippen LogP contribution in [0.25, 0.3) is 11.0 Å². The lowest BCUT2D eigenvalue weighted by atomic mass is 10.2. The molecule has 0 spiro atoms. The molecule has 154 valence electrons. The van der Waals surface area contributed by atoms with E-state index in [9.17, 15) is 0 Å². The number of aromatic nitrogens is 4. The zero-order valence-electron chi connectivity index (χ0n) is 17.4. The Balaban J connectivity index is 1.62. The van der Waals surface area contributed by atoms with E-state index in [0.29, 0.717) is 19.6 Å². The van der Waals surface area contributed by atoms with Crippen molar-refractivity contribution in [2.75, 3.05) is 39.1 Å². The van der Waals surface area contributed by atoms with E-state index in [0.717, 1.165) is 40.7 Å². The molecule has 0 amide bonds.